The minimum absolute atomic E-state index is 0. The lowest BCUT2D eigenvalue weighted by molar-refractivity contribution is 0.329. The fourth-order valence-corrected chi connectivity index (χ4v) is 3.97. The summed E-state index contributed by atoms with van der Waals surface area (Å²) in [5.41, 5.74) is 1.26. The van der Waals surface area contributed by atoms with Gasteiger partial charge in [-0.1, -0.05) is 0 Å². The number of likely N-dealkylation sites (tertiary alicyclic amines) is 1. The molecular weight excluding hydrogens is 465 g/mol. The van der Waals surface area contributed by atoms with E-state index in [0.717, 1.165) is 44.4 Å². The monoisotopic (exact) mass is 501 g/mol. The molecule has 2 heterocycles. The van der Waals surface area contributed by atoms with Crippen LogP contribution < -0.4 is 15.0 Å². The van der Waals surface area contributed by atoms with Crippen LogP contribution in [0.4, 0.5) is 5.69 Å². The summed E-state index contributed by atoms with van der Waals surface area (Å²) in [5, 5.41) is 3.56. The average molecular weight is 501 g/mol. The third-order valence-corrected chi connectivity index (χ3v) is 5.61. The summed E-state index contributed by atoms with van der Waals surface area (Å²) in [5.74, 6) is 1.96. The van der Waals surface area contributed by atoms with E-state index in [4.69, 9.17) is 4.74 Å². The smallest absolute Gasteiger partial charge is 0.193 e. The maximum atomic E-state index is 5.25. The SMILES string of the molecule is CN=C(NCCCCN1CCCC1)N1CCN(c2ccc(OC)cc2)CC1.I. The van der Waals surface area contributed by atoms with E-state index in [-0.39, 0.29) is 24.0 Å². The van der Waals surface area contributed by atoms with E-state index < -0.39 is 0 Å². The van der Waals surface area contributed by atoms with Gasteiger partial charge in [-0.15, -0.1) is 24.0 Å². The first kappa shape index (κ1) is 23.1. The Morgan fingerprint density at radius 3 is 2.29 bits per heavy atom. The maximum absolute atomic E-state index is 5.25. The van der Waals surface area contributed by atoms with Gasteiger partial charge in [-0.3, -0.25) is 4.99 Å². The van der Waals surface area contributed by atoms with Crippen LogP contribution in [0, 0.1) is 0 Å². The number of nitrogens with one attached hydrogen (secondary N) is 1. The molecule has 0 spiro atoms. The molecule has 6 nitrogen and oxygen atoms in total. The van der Waals surface area contributed by atoms with Crippen molar-refractivity contribution in [2.45, 2.75) is 25.7 Å². The first-order chi connectivity index (χ1) is 13.3. The fraction of sp³-hybridized carbons (Fsp3) is 0.667. The van der Waals surface area contributed by atoms with Gasteiger partial charge >= 0.3 is 0 Å². The highest BCUT2D eigenvalue weighted by Crippen LogP contribution is 2.20. The Labute approximate surface area is 187 Å². The highest BCUT2D eigenvalue weighted by molar-refractivity contribution is 14.0. The van der Waals surface area contributed by atoms with Crippen molar-refractivity contribution in [1.82, 2.24) is 15.1 Å². The number of hydrogen-bond donors (Lipinski definition) is 1. The van der Waals surface area contributed by atoms with Gasteiger partial charge in [0, 0.05) is 45.5 Å². The molecule has 3 rings (SSSR count). The number of anilines is 1. The van der Waals surface area contributed by atoms with E-state index in [0.29, 0.717) is 0 Å². The van der Waals surface area contributed by atoms with Crippen molar-refractivity contribution in [3.8, 4) is 5.75 Å². The van der Waals surface area contributed by atoms with Crippen LogP contribution in [-0.4, -0.2) is 82.3 Å². The molecule has 2 fully saturated rings. The largest absolute Gasteiger partial charge is 0.497 e. The van der Waals surface area contributed by atoms with E-state index >= 15 is 0 Å². The van der Waals surface area contributed by atoms with Crippen molar-refractivity contribution in [2.75, 3.05) is 71.4 Å². The number of halogens is 1. The fourth-order valence-electron chi connectivity index (χ4n) is 3.97. The van der Waals surface area contributed by atoms with Crippen LogP contribution >= 0.6 is 24.0 Å². The lowest BCUT2D eigenvalue weighted by Gasteiger charge is -2.37. The van der Waals surface area contributed by atoms with Crippen molar-refractivity contribution < 1.29 is 4.74 Å². The Morgan fingerprint density at radius 1 is 1.00 bits per heavy atom. The molecule has 0 radical (unpaired) electrons. The first-order valence-electron chi connectivity index (χ1n) is 10.4. The van der Waals surface area contributed by atoms with Crippen LogP contribution in [0.2, 0.25) is 0 Å². The molecule has 0 bridgehead atoms. The lowest BCUT2D eigenvalue weighted by Crippen LogP contribution is -2.52. The minimum Gasteiger partial charge on any atom is -0.497 e. The number of unbranched alkanes of at least 4 members (excludes halogenated alkanes) is 1. The van der Waals surface area contributed by atoms with Crippen molar-refractivity contribution >= 4 is 35.6 Å². The number of benzene rings is 1. The van der Waals surface area contributed by atoms with Crippen molar-refractivity contribution in [3.63, 3.8) is 0 Å². The molecule has 2 aliphatic heterocycles. The molecule has 0 unspecified atom stereocenters. The number of aliphatic imine (C=N–C) groups is 1. The Hall–Kier alpha value is -1.22. The van der Waals surface area contributed by atoms with Crippen molar-refractivity contribution in [2.24, 2.45) is 4.99 Å². The van der Waals surface area contributed by atoms with Gasteiger partial charge in [-0.05, 0) is 69.6 Å². The Bertz CT molecular complexity index is 581. The normalized spacial score (nSPS) is 18.1. The minimum atomic E-state index is 0. The van der Waals surface area contributed by atoms with E-state index in [9.17, 15) is 0 Å². The summed E-state index contributed by atoms with van der Waals surface area (Å²) in [7, 11) is 3.60. The second-order valence-corrected chi connectivity index (χ2v) is 7.40. The topological polar surface area (TPSA) is 43.3 Å². The molecular formula is C21H36IN5O. The summed E-state index contributed by atoms with van der Waals surface area (Å²) in [6.45, 7) is 8.89. The van der Waals surface area contributed by atoms with Gasteiger partial charge in [0.05, 0.1) is 7.11 Å². The van der Waals surface area contributed by atoms with Crippen LogP contribution in [0.15, 0.2) is 29.3 Å². The number of ether oxygens (including phenoxy) is 1. The molecule has 7 heteroatoms. The molecule has 0 aliphatic carbocycles. The Morgan fingerprint density at radius 2 is 1.68 bits per heavy atom. The number of nitrogens with zero attached hydrogens (tertiary/aromatic N) is 4. The first-order valence-corrected chi connectivity index (χ1v) is 10.4. The Kier molecular flexibility index (Phi) is 10.2. The standard InChI is InChI=1S/C21H35N5O.HI/c1-22-21(23-11-3-4-12-24-13-5-6-14-24)26-17-15-25(16-18-26)19-7-9-20(27-2)10-8-19;/h7-10H,3-6,11-18H2,1-2H3,(H,22,23);1H. The van der Waals surface area contributed by atoms with E-state index in [1.807, 2.05) is 19.2 Å². The third-order valence-electron chi connectivity index (χ3n) is 5.61. The summed E-state index contributed by atoms with van der Waals surface area (Å²) in [6, 6.07) is 8.35. The van der Waals surface area contributed by atoms with E-state index in [1.54, 1.807) is 7.11 Å². The number of guanidine groups is 1. The van der Waals surface area contributed by atoms with Crippen LogP contribution in [0.3, 0.4) is 0 Å². The van der Waals surface area contributed by atoms with Gasteiger partial charge < -0.3 is 24.8 Å². The van der Waals surface area contributed by atoms with Crippen LogP contribution in [0.5, 0.6) is 5.75 Å². The summed E-state index contributed by atoms with van der Waals surface area (Å²) < 4.78 is 5.25. The second kappa shape index (κ2) is 12.4. The molecule has 1 aromatic carbocycles. The zero-order valence-electron chi connectivity index (χ0n) is 17.4. The number of piperazine rings is 1. The molecule has 28 heavy (non-hydrogen) atoms. The molecule has 158 valence electrons. The third kappa shape index (κ3) is 6.69. The van der Waals surface area contributed by atoms with Gasteiger partial charge in [-0.25, -0.2) is 0 Å². The molecule has 0 atom stereocenters. The molecule has 2 aliphatic rings. The summed E-state index contributed by atoms with van der Waals surface area (Å²) in [6.07, 6.45) is 5.25. The molecule has 2 saturated heterocycles. The van der Waals surface area contributed by atoms with Crippen LogP contribution in [0.25, 0.3) is 0 Å². The molecule has 0 amide bonds. The molecule has 0 aromatic heterocycles. The molecule has 1 aromatic rings. The van der Waals surface area contributed by atoms with Crippen LogP contribution in [-0.2, 0) is 0 Å². The van der Waals surface area contributed by atoms with Gasteiger partial charge in [0.1, 0.15) is 5.75 Å². The summed E-state index contributed by atoms with van der Waals surface area (Å²) in [4.78, 5) is 11.9. The predicted octanol–water partition coefficient (Wildman–Crippen LogP) is 2.89. The summed E-state index contributed by atoms with van der Waals surface area (Å²) >= 11 is 0. The second-order valence-electron chi connectivity index (χ2n) is 7.40. The zero-order chi connectivity index (χ0) is 18.9. The predicted molar refractivity (Wildman–Crippen MR) is 128 cm³/mol. The highest BCUT2D eigenvalue weighted by Gasteiger charge is 2.19. The van der Waals surface area contributed by atoms with E-state index in [1.165, 1.54) is 51.0 Å². The quantitative estimate of drug-likeness (QED) is 0.270. The van der Waals surface area contributed by atoms with Gasteiger partial charge in [0.15, 0.2) is 5.96 Å². The maximum Gasteiger partial charge on any atom is 0.193 e. The van der Waals surface area contributed by atoms with Crippen molar-refractivity contribution in [3.05, 3.63) is 24.3 Å². The van der Waals surface area contributed by atoms with Gasteiger partial charge in [0.2, 0.25) is 0 Å². The lowest BCUT2D eigenvalue weighted by atomic mass is 10.2. The average Bonchev–Trinajstić information content (AvgIpc) is 3.24. The molecule has 1 N–H and O–H groups in total. The van der Waals surface area contributed by atoms with Gasteiger partial charge in [0.25, 0.3) is 0 Å². The number of rotatable bonds is 7. The van der Waals surface area contributed by atoms with Crippen LogP contribution in [0.1, 0.15) is 25.7 Å². The highest BCUT2D eigenvalue weighted by atomic mass is 127. The number of hydrogen-bond acceptors (Lipinski definition) is 4. The molecule has 0 saturated carbocycles. The Balaban J connectivity index is 0.00000280. The van der Waals surface area contributed by atoms with Gasteiger partial charge in [-0.2, -0.15) is 0 Å². The number of methoxy groups -OCH3 is 1. The zero-order valence-corrected chi connectivity index (χ0v) is 19.7. The van der Waals surface area contributed by atoms with E-state index in [2.05, 4.69) is 37.1 Å². The van der Waals surface area contributed by atoms with Crippen molar-refractivity contribution in [1.29, 1.82) is 0 Å².